The van der Waals surface area contributed by atoms with Crippen LogP contribution < -0.4 is 5.73 Å². The summed E-state index contributed by atoms with van der Waals surface area (Å²) in [6.45, 7) is 1.90. The quantitative estimate of drug-likeness (QED) is 0.742. The molecule has 3 heteroatoms. The third kappa shape index (κ3) is 2.60. The van der Waals surface area contributed by atoms with Gasteiger partial charge in [-0.2, -0.15) is 5.26 Å². The van der Waals surface area contributed by atoms with E-state index in [2.05, 4.69) is 4.98 Å². The Hall–Kier alpha value is -1.82. The topological polar surface area (TPSA) is 62.7 Å². The molecule has 1 aromatic heterocycles. The molecule has 1 rings (SSSR count). The molecular formula is C10H11N3. The molecule has 1 heterocycles. The van der Waals surface area contributed by atoms with Gasteiger partial charge in [-0.3, -0.25) is 4.98 Å². The molecule has 0 atom stereocenters. The van der Waals surface area contributed by atoms with Crippen LogP contribution in [0.15, 0.2) is 18.2 Å². The summed E-state index contributed by atoms with van der Waals surface area (Å²) in [4.78, 5) is 4.22. The molecule has 0 bridgehead atoms. The van der Waals surface area contributed by atoms with Crippen LogP contribution in [0.5, 0.6) is 0 Å². The highest BCUT2D eigenvalue weighted by Crippen LogP contribution is 2.11. The molecule has 66 valence electrons. The lowest BCUT2D eigenvalue weighted by molar-refractivity contribution is 1.18. The summed E-state index contributed by atoms with van der Waals surface area (Å²) < 4.78 is 0. The van der Waals surface area contributed by atoms with E-state index in [1.807, 2.05) is 25.1 Å². The molecule has 0 saturated heterocycles. The summed E-state index contributed by atoms with van der Waals surface area (Å²) in [6.07, 6.45) is 3.90. The average Bonchev–Trinajstić information content (AvgIpc) is 2.11. The smallest absolute Gasteiger partial charge is 0.0859 e. The summed E-state index contributed by atoms with van der Waals surface area (Å²) in [5.41, 5.74) is 7.97. The molecule has 0 radical (unpaired) electrons. The fraction of sp³-hybridized carbons (Fsp3) is 0.200. The van der Waals surface area contributed by atoms with Crippen molar-refractivity contribution in [1.82, 2.24) is 4.98 Å². The van der Waals surface area contributed by atoms with Crippen molar-refractivity contribution in [3.05, 3.63) is 29.6 Å². The van der Waals surface area contributed by atoms with Crippen molar-refractivity contribution < 1.29 is 0 Å². The van der Waals surface area contributed by atoms with E-state index in [1.165, 1.54) is 0 Å². The minimum absolute atomic E-state index is 0.384. The standard InChI is InChI=1S/C10H11N3/c1-8-5-6-9(12)10(13-8)4-2-3-7-11/h2,4-6H,3,12H2,1H3. The molecule has 0 aliphatic heterocycles. The maximum atomic E-state index is 8.32. The van der Waals surface area contributed by atoms with Crippen LogP contribution in [0.25, 0.3) is 6.08 Å². The number of anilines is 1. The number of hydrogen-bond acceptors (Lipinski definition) is 3. The first-order chi connectivity index (χ1) is 6.24. The average molecular weight is 173 g/mol. The summed E-state index contributed by atoms with van der Waals surface area (Å²) >= 11 is 0. The zero-order valence-corrected chi connectivity index (χ0v) is 7.49. The van der Waals surface area contributed by atoms with Gasteiger partial charge in [-0.05, 0) is 25.1 Å². The summed E-state index contributed by atoms with van der Waals surface area (Å²) in [7, 11) is 0. The third-order valence-electron chi connectivity index (χ3n) is 1.58. The lowest BCUT2D eigenvalue weighted by Crippen LogP contribution is -1.93. The third-order valence-corrected chi connectivity index (χ3v) is 1.58. The molecule has 0 aromatic carbocycles. The van der Waals surface area contributed by atoms with E-state index >= 15 is 0 Å². The van der Waals surface area contributed by atoms with Crippen molar-refractivity contribution in [3.8, 4) is 6.07 Å². The van der Waals surface area contributed by atoms with Crippen LogP contribution in [0, 0.1) is 18.3 Å². The van der Waals surface area contributed by atoms with E-state index in [4.69, 9.17) is 11.0 Å². The van der Waals surface area contributed by atoms with E-state index in [0.717, 1.165) is 11.4 Å². The lowest BCUT2D eigenvalue weighted by atomic mass is 10.2. The van der Waals surface area contributed by atoms with Crippen LogP contribution in [0.1, 0.15) is 17.8 Å². The van der Waals surface area contributed by atoms with Gasteiger partial charge in [0.05, 0.1) is 23.9 Å². The number of nitriles is 1. The van der Waals surface area contributed by atoms with E-state index in [9.17, 15) is 0 Å². The largest absolute Gasteiger partial charge is 0.397 e. The van der Waals surface area contributed by atoms with Gasteiger partial charge in [-0.25, -0.2) is 0 Å². The maximum absolute atomic E-state index is 8.32. The highest BCUT2D eigenvalue weighted by Gasteiger charge is 1.95. The van der Waals surface area contributed by atoms with E-state index in [-0.39, 0.29) is 0 Å². The SMILES string of the molecule is Cc1ccc(N)c(C=CCC#N)n1. The zero-order chi connectivity index (χ0) is 9.68. The van der Waals surface area contributed by atoms with E-state index in [1.54, 1.807) is 12.2 Å². The van der Waals surface area contributed by atoms with Crippen molar-refractivity contribution in [2.75, 3.05) is 5.73 Å². The van der Waals surface area contributed by atoms with Gasteiger partial charge >= 0.3 is 0 Å². The second-order valence-corrected chi connectivity index (χ2v) is 2.69. The van der Waals surface area contributed by atoms with Gasteiger partial charge in [-0.15, -0.1) is 0 Å². The van der Waals surface area contributed by atoms with Gasteiger partial charge in [-0.1, -0.05) is 6.08 Å². The van der Waals surface area contributed by atoms with Gasteiger partial charge in [0.25, 0.3) is 0 Å². The highest BCUT2D eigenvalue weighted by atomic mass is 14.7. The van der Waals surface area contributed by atoms with Crippen molar-refractivity contribution in [2.45, 2.75) is 13.3 Å². The lowest BCUT2D eigenvalue weighted by Gasteiger charge is -1.99. The number of rotatable bonds is 2. The first-order valence-electron chi connectivity index (χ1n) is 4.00. The van der Waals surface area contributed by atoms with Crippen molar-refractivity contribution >= 4 is 11.8 Å². The fourth-order valence-corrected chi connectivity index (χ4v) is 0.944. The molecule has 0 amide bonds. The number of nitrogens with zero attached hydrogens (tertiary/aromatic N) is 2. The van der Waals surface area contributed by atoms with Crippen LogP contribution in [0.4, 0.5) is 5.69 Å². The Morgan fingerprint density at radius 3 is 3.08 bits per heavy atom. The number of hydrogen-bond donors (Lipinski definition) is 1. The molecule has 0 aliphatic carbocycles. The number of pyridine rings is 1. The number of nitrogen functional groups attached to an aromatic ring is 1. The predicted octanol–water partition coefficient (Wildman–Crippen LogP) is 1.90. The van der Waals surface area contributed by atoms with Gasteiger partial charge in [0.1, 0.15) is 0 Å². The Bertz CT molecular complexity index is 361. The summed E-state index contributed by atoms with van der Waals surface area (Å²) in [6, 6.07) is 5.69. The zero-order valence-electron chi connectivity index (χ0n) is 7.49. The van der Waals surface area contributed by atoms with Gasteiger partial charge in [0.2, 0.25) is 0 Å². The Balaban J connectivity index is 2.88. The number of allylic oxidation sites excluding steroid dienone is 1. The molecular weight excluding hydrogens is 162 g/mol. The molecule has 3 nitrogen and oxygen atoms in total. The summed E-state index contributed by atoms with van der Waals surface area (Å²) in [5.74, 6) is 0. The molecule has 0 fully saturated rings. The molecule has 2 N–H and O–H groups in total. The Kier molecular flexibility index (Phi) is 3.04. The highest BCUT2D eigenvalue weighted by molar-refractivity contribution is 5.60. The van der Waals surface area contributed by atoms with Crippen LogP contribution in [0.2, 0.25) is 0 Å². The van der Waals surface area contributed by atoms with Gasteiger partial charge in [0.15, 0.2) is 0 Å². The first-order valence-corrected chi connectivity index (χ1v) is 4.00. The van der Waals surface area contributed by atoms with Crippen molar-refractivity contribution in [2.24, 2.45) is 0 Å². The molecule has 13 heavy (non-hydrogen) atoms. The van der Waals surface area contributed by atoms with Crippen molar-refractivity contribution in [1.29, 1.82) is 5.26 Å². The number of aromatic nitrogens is 1. The normalized spacial score (nSPS) is 10.2. The predicted molar refractivity (Wildman–Crippen MR) is 52.7 cm³/mol. The van der Waals surface area contributed by atoms with Crippen LogP contribution in [-0.2, 0) is 0 Å². The van der Waals surface area contributed by atoms with Crippen LogP contribution in [0.3, 0.4) is 0 Å². The Morgan fingerprint density at radius 1 is 1.62 bits per heavy atom. The van der Waals surface area contributed by atoms with Crippen LogP contribution >= 0.6 is 0 Å². The van der Waals surface area contributed by atoms with Crippen LogP contribution in [-0.4, -0.2) is 4.98 Å². The maximum Gasteiger partial charge on any atom is 0.0859 e. The second kappa shape index (κ2) is 4.27. The van der Waals surface area contributed by atoms with E-state index in [0.29, 0.717) is 12.1 Å². The Labute approximate surface area is 77.5 Å². The van der Waals surface area contributed by atoms with Crippen molar-refractivity contribution in [3.63, 3.8) is 0 Å². The number of nitrogens with two attached hydrogens (primary N) is 1. The molecule has 0 aliphatic rings. The summed E-state index contributed by atoms with van der Waals surface area (Å²) in [5, 5.41) is 8.32. The first kappa shape index (κ1) is 9.27. The monoisotopic (exact) mass is 173 g/mol. The van der Waals surface area contributed by atoms with Gasteiger partial charge < -0.3 is 5.73 Å². The Morgan fingerprint density at radius 2 is 2.38 bits per heavy atom. The molecule has 0 saturated carbocycles. The molecule has 0 spiro atoms. The second-order valence-electron chi connectivity index (χ2n) is 2.69. The minimum atomic E-state index is 0.384. The van der Waals surface area contributed by atoms with E-state index < -0.39 is 0 Å². The molecule has 1 aromatic rings. The minimum Gasteiger partial charge on any atom is -0.397 e. The molecule has 0 unspecified atom stereocenters. The number of aryl methyl sites for hydroxylation is 1. The fourth-order valence-electron chi connectivity index (χ4n) is 0.944. The van der Waals surface area contributed by atoms with Gasteiger partial charge in [0, 0.05) is 5.69 Å².